The van der Waals surface area contributed by atoms with Crippen LogP contribution < -0.4 is 5.32 Å². The number of ketones is 1. The molecule has 0 bridgehead atoms. The zero-order chi connectivity index (χ0) is 16.9. The molecule has 0 unspecified atom stereocenters. The maximum absolute atomic E-state index is 12.9. The fourth-order valence-corrected chi connectivity index (χ4v) is 4.90. The van der Waals surface area contributed by atoms with E-state index in [9.17, 15) is 9.59 Å². The zero-order valence-electron chi connectivity index (χ0n) is 13.7. The summed E-state index contributed by atoms with van der Waals surface area (Å²) in [6.07, 6.45) is 4.49. The molecule has 1 amide bonds. The van der Waals surface area contributed by atoms with Crippen molar-refractivity contribution in [1.29, 1.82) is 0 Å². The van der Waals surface area contributed by atoms with Gasteiger partial charge in [0.15, 0.2) is 0 Å². The lowest BCUT2D eigenvalue weighted by Gasteiger charge is -2.12. The molecule has 1 aliphatic carbocycles. The molecule has 4 nitrogen and oxygen atoms in total. The van der Waals surface area contributed by atoms with Crippen molar-refractivity contribution in [3.63, 3.8) is 0 Å². The summed E-state index contributed by atoms with van der Waals surface area (Å²) in [5, 5.41) is 5.57. The highest BCUT2D eigenvalue weighted by Crippen LogP contribution is 2.39. The third-order valence-electron chi connectivity index (χ3n) is 4.07. The molecule has 1 aliphatic rings. The van der Waals surface area contributed by atoms with Gasteiger partial charge in [-0.2, -0.15) is 0 Å². The number of carbonyl (C=O) groups is 2. The molecule has 0 aliphatic heterocycles. The van der Waals surface area contributed by atoms with Crippen LogP contribution in [0.5, 0.6) is 0 Å². The first kappa shape index (κ1) is 17.3. The first-order valence-corrected chi connectivity index (χ1v) is 10.0. The van der Waals surface area contributed by atoms with E-state index in [-0.39, 0.29) is 11.7 Å². The molecule has 24 heavy (non-hydrogen) atoms. The number of aryl methyl sites for hydroxylation is 1. The monoisotopic (exact) mass is 363 g/mol. The van der Waals surface area contributed by atoms with Crippen LogP contribution in [0.25, 0.3) is 0 Å². The maximum atomic E-state index is 12.9. The molecular weight excluding hydrogens is 342 g/mol. The molecule has 2 aromatic rings. The van der Waals surface area contributed by atoms with Crippen LogP contribution in [0.3, 0.4) is 0 Å². The maximum Gasteiger partial charge on any atom is 0.227 e. The molecule has 2 aromatic heterocycles. The molecule has 1 N–H and O–H groups in total. The van der Waals surface area contributed by atoms with Crippen molar-refractivity contribution in [3.8, 4) is 0 Å². The molecule has 0 aromatic carbocycles. The number of amides is 1. The summed E-state index contributed by atoms with van der Waals surface area (Å²) in [5.74, 6) is -0.0632. The van der Waals surface area contributed by atoms with E-state index < -0.39 is 0 Å². The average molecular weight is 364 g/mol. The Kier molecular flexibility index (Phi) is 5.81. The van der Waals surface area contributed by atoms with Gasteiger partial charge in [-0.05, 0) is 49.6 Å². The minimum absolute atomic E-state index is 0.0320. The summed E-state index contributed by atoms with van der Waals surface area (Å²) in [6, 6.07) is 3.73. The van der Waals surface area contributed by atoms with E-state index in [0.717, 1.165) is 36.1 Å². The lowest BCUT2D eigenvalue weighted by molar-refractivity contribution is -0.117. The number of anilines is 1. The number of thiophene rings is 2. The zero-order valence-corrected chi connectivity index (χ0v) is 15.4. The summed E-state index contributed by atoms with van der Waals surface area (Å²) in [5.41, 5.74) is 1.85. The topological polar surface area (TPSA) is 55.4 Å². The van der Waals surface area contributed by atoms with Gasteiger partial charge in [-0.3, -0.25) is 9.59 Å². The van der Waals surface area contributed by atoms with Crippen LogP contribution in [0.4, 0.5) is 5.00 Å². The van der Waals surface area contributed by atoms with Gasteiger partial charge in [0.2, 0.25) is 11.7 Å². The number of rotatable bonds is 7. The van der Waals surface area contributed by atoms with Gasteiger partial charge in [-0.25, -0.2) is 0 Å². The van der Waals surface area contributed by atoms with Gasteiger partial charge in [0.1, 0.15) is 5.00 Å². The second-order valence-electron chi connectivity index (χ2n) is 5.72. The number of hydrogen-bond donors (Lipinski definition) is 1. The van der Waals surface area contributed by atoms with E-state index in [2.05, 4.69) is 5.32 Å². The van der Waals surface area contributed by atoms with Gasteiger partial charge in [-0.1, -0.05) is 6.07 Å². The Labute approximate surface area is 149 Å². The van der Waals surface area contributed by atoms with Gasteiger partial charge in [-0.15, -0.1) is 22.7 Å². The van der Waals surface area contributed by atoms with Crippen molar-refractivity contribution in [3.05, 3.63) is 38.4 Å². The van der Waals surface area contributed by atoms with Crippen LogP contribution in [0, 0.1) is 0 Å². The molecule has 0 atom stereocenters. The Balaban J connectivity index is 1.86. The number of carbonyl (C=O) groups excluding carboxylic acids is 2. The number of nitrogens with one attached hydrogen (secondary N) is 1. The van der Waals surface area contributed by atoms with E-state index in [4.69, 9.17) is 4.74 Å². The Bertz CT molecular complexity index is 719. The summed E-state index contributed by atoms with van der Waals surface area (Å²) in [6.45, 7) is 2.91. The number of hydrogen-bond acceptors (Lipinski definition) is 5. The van der Waals surface area contributed by atoms with Gasteiger partial charge >= 0.3 is 0 Å². The van der Waals surface area contributed by atoms with E-state index in [0.29, 0.717) is 30.2 Å². The third kappa shape index (κ3) is 3.77. The van der Waals surface area contributed by atoms with E-state index in [1.807, 2.05) is 24.4 Å². The van der Waals surface area contributed by atoms with E-state index in [1.54, 1.807) is 11.3 Å². The Hall–Kier alpha value is -1.50. The van der Waals surface area contributed by atoms with E-state index in [1.165, 1.54) is 16.2 Å². The van der Waals surface area contributed by atoms with Crippen molar-refractivity contribution in [2.75, 3.05) is 18.5 Å². The lowest BCUT2D eigenvalue weighted by Crippen LogP contribution is -2.16. The smallest absolute Gasteiger partial charge is 0.227 e. The standard InChI is InChI=1S/C18H21NO3S2/c1-2-22-10-9-15(20)19-18-16(17(21)14-8-5-11-23-14)12-6-3-4-7-13(12)24-18/h5,8,11H,2-4,6-7,9-10H2,1H3,(H,19,20). The summed E-state index contributed by atoms with van der Waals surface area (Å²) in [7, 11) is 0. The molecular formula is C18H21NO3S2. The lowest BCUT2D eigenvalue weighted by atomic mass is 9.93. The molecule has 128 valence electrons. The third-order valence-corrected chi connectivity index (χ3v) is 6.15. The Morgan fingerprint density at radius 1 is 1.29 bits per heavy atom. The highest BCUT2D eigenvalue weighted by atomic mass is 32.1. The minimum atomic E-state index is -0.0951. The molecule has 0 saturated heterocycles. The van der Waals surface area contributed by atoms with Crippen molar-refractivity contribution < 1.29 is 14.3 Å². The fourth-order valence-electron chi connectivity index (χ4n) is 2.92. The molecule has 3 rings (SSSR count). The summed E-state index contributed by atoms with van der Waals surface area (Å²) in [4.78, 5) is 27.1. The molecule has 0 fully saturated rings. The molecule has 6 heteroatoms. The number of fused-ring (bicyclic) bond motifs is 1. The molecule has 0 spiro atoms. The second kappa shape index (κ2) is 8.05. The van der Waals surface area contributed by atoms with Gasteiger partial charge < -0.3 is 10.1 Å². The van der Waals surface area contributed by atoms with Gasteiger partial charge in [0, 0.05) is 11.5 Å². The van der Waals surface area contributed by atoms with Gasteiger partial charge in [0.05, 0.1) is 23.5 Å². The van der Waals surface area contributed by atoms with Crippen LogP contribution in [-0.2, 0) is 22.4 Å². The van der Waals surface area contributed by atoms with Crippen molar-refractivity contribution >= 4 is 39.4 Å². The first-order valence-electron chi connectivity index (χ1n) is 8.31. The summed E-state index contributed by atoms with van der Waals surface area (Å²) >= 11 is 3.01. The summed E-state index contributed by atoms with van der Waals surface area (Å²) < 4.78 is 5.24. The predicted molar refractivity (Wildman–Crippen MR) is 98.5 cm³/mol. The first-order chi connectivity index (χ1) is 11.7. The Morgan fingerprint density at radius 3 is 2.88 bits per heavy atom. The minimum Gasteiger partial charge on any atom is -0.381 e. The average Bonchev–Trinajstić information content (AvgIpc) is 3.22. The molecule has 0 saturated carbocycles. The quantitative estimate of drug-likeness (QED) is 0.590. The fraction of sp³-hybridized carbons (Fsp3) is 0.444. The van der Waals surface area contributed by atoms with Crippen molar-refractivity contribution in [2.45, 2.75) is 39.0 Å². The van der Waals surface area contributed by atoms with Crippen LogP contribution in [-0.4, -0.2) is 24.9 Å². The van der Waals surface area contributed by atoms with Gasteiger partial charge in [0.25, 0.3) is 0 Å². The molecule has 0 radical (unpaired) electrons. The molecule has 2 heterocycles. The second-order valence-corrected chi connectivity index (χ2v) is 7.77. The normalized spacial score (nSPS) is 13.5. The highest BCUT2D eigenvalue weighted by Gasteiger charge is 2.27. The van der Waals surface area contributed by atoms with Crippen LogP contribution in [0.15, 0.2) is 17.5 Å². The van der Waals surface area contributed by atoms with Crippen LogP contribution >= 0.6 is 22.7 Å². The van der Waals surface area contributed by atoms with Crippen molar-refractivity contribution in [2.24, 2.45) is 0 Å². The Morgan fingerprint density at radius 2 is 2.12 bits per heavy atom. The number of ether oxygens (including phenoxy) is 1. The SMILES string of the molecule is CCOCCC(=O)Nc1sc2c(c1C(=O)c1cccs1)CCCC2. The highest BCUT2D eigenvalue weighted by molar-refractivity contribution is 7.17. The van der Waals surface area contributed by atoms with Crippen LogP contribution in [0.2, 0.25) is 0 Å². The van der Waals surface area contributed by atoms with Crippen molar-refractivity contribution in [1.82, 2.24) is 0 Å². The predicted octanol–water partition coefficient (Wildman–Crippen LogP) is 4.28. The van der Waals surface area contributed by atoms with E-state index >= 15 is 0 Å². The largest absolute Gasteiger partial charge is 0.381 e. The van der Waals surface area contributed by atoms with Crippen LogP contribution in [0.1, 0.15) is 51.9 Å².